The third-order valence-corrected chi connectivity index (χ3v) is 1.92. The first-order valence-corrected chi connectivity index (χ1v) is 4.09. The van der Waals surface area contributed by atoms with Crippen LogP contribution in [0, 0.1) is 6.92 Å². The molecule has 1 aromatic rings. The van der Waals surface area contributed by atoms with Gasteiger partial charge in [0.1, 0.15) is 7.11 Å². The molecule has 0 heterocycles. The summed E-state index contributed by atoms with van der Waals surface area (Å²) in [6, 6.07) is 5.80. The van der Waals surface area contributed by atoms with Crippen molar-refractivity contribution in [2.75, 3.05) is 12.8 Å². The normalized spacial score (nSPS) is 11.5. The number of hydrogen-bond donors (Lipinski definition) is 1. The molecule has 2 N–H and O–H groups in total. The largest absolute Gasteiger partial charge is 0.399 e. The Hall–Kier alpha value is -1.51. The number of anilines is 1. The summed E-state index contributed by atoms with van der Waals surface area (Å²) < 4.78 is 0. The molecule has 70 valence electrons. The molecule has 3 heteroatoms. The topological polar surface area (TPSA) is 47.6 Å². The predicted molar refractivity (Wildman–Crippen MR) is 54.8 cm³/mol. The summed E-state index contributed by atoms with van der Waals surface area (Å²) in [5.74, 6) is 0. The minimum atomic E-state index is 0.800. The lowest BCUT2D eigenvalue weighted by Gasteiger charge is -2.03. The summed E-state index contributed by atoms with van der Waals surface area (Å²) in [6.07, 6.45) is 0. The quantitative estimate of drug-likeness (QED) is 0.427. The first-order valence-electron chi connectivity index (χ1n) is 4.09. The number of aryl methyl sites for hydroxylation is 1. The van der Waals surface area contributed by atoms with Gasteiger partial charge in [-0.1, -0.05) is 11.2 Å². The van der Waals surface area contributed by atoms with E-state index in [0.717, 1.165) is 22.5 Å². The van der Waals surface area contributed by atoms with Crippen LogP contribution in [0.1, 0.15) is 18.1 Å². The zero-order valence-corrected chi connectivity index (χ0v) is 8.16. The fourth-order valence-corrected chi connectivity index (χ4v) is 1.09. The number of nitrogens with two attached hydrogens (primary N) is 1. The summed E-state index contributed by atoms with van der Waals surface area (Å²) in [6.45, 7) is 3.87. The predicted octanol–water partition coefficient (Wildman–Crippen LogP) is 1.95. The average molecular weight is 178 g/mol. The zero-order valence-electron chi connectivity index (χ0n) is 8.16. The maximum Gasteiger partial charge on any atom is 0.106 e. The highest BCUT2D eigenvalue weighted by Gasteiger charge is 1.99. The molecule has 0 aliphatic heterocycles. The Kier molecular flexibility index (Phi) is 2.90. The van der Waals surface area contributed by atoms with E-state index in [1.807, 2.05) is 32.0 Å². The van der Waals surface area contributed by atoms with Crippen molar-refractivity contribution in [1.29, 1.82) is 0 Å². The average Bonchev–Trinajstić information content (AvgIpc) is 2.10. The minimum Gasteiger partial charge on any atom is -0.399 e. The Bertz CT molecular complexity index is 332. The zero-order chi connectivity index (χ0) is 9.84. The lowest BCUT2D eigenvalue weighted by molar-refractivity contribution is 0.213. The fraction of sp³-hybridized carbons (Fsp3) is 0.300. The maximum absolute atomic E-state index is 5.69. The van der Waals surface area contributed by atoms with Gasteiger partial charge in [0.15, 0.2) is 0 Å². The molecule has 0 aromatic heterocycles. The van der Waals surface area contributed by atoms with Crippen molar-refractivity contribution in [2.24, 2.45) is 5.16 Å². The number of hydrogen-bond acceptors (Lipinski definition) is 3. The third-order valence-electron chi connectivity index (χ3n) is 1.92. The lowest BCUT2D eigenvalue weighted by atomic mass is 10.1. The molecule has 3 nitrogen and oxygen atoms in total. The molecule has 0 bridgehead atoms. The summed E-state index contributed by atoms with van der Waals surface area (Å²) >= 11 is 0. The Morgan fingerprint density at radius 2 is 2.15 bits per heavy atom. The van der Waals surface area contributed by atoms with Gasteiger partial charge in [-0.15, -0.1) is 0 Å². The molecule has 0 aliphatic carbocycles. The molecule has 0 atom stereocenters. The van der Waals surface area contributed by atoms with Gasteiger partial charge >= 0.3 is 0 Å². The molecule has 0 spiro atoms. The molecule has 0 radical (unpaired) electrons. The minimum absolute atomic E-state index is 0.800. The molecular weight excluding hydrogens is 164 g/mol. The Labute approximate surface area is 78.2 Å². The molecule has 13 heavy (non-hydrogen) atoms. The highest BCUT2D eigenvalue weighted by atomic mass is 16.6. The molecular formula is C10H14N2O. The SMILES string of the molecule is CO/N=C(\C)c1ccc(N)c(C)c1. The van der Waals surface area contributed by atoms with E-state index < -0.39 is 0 Å². The van der Waals surface area contributed by atoms with Gasteiger partial charge in [-0.05, 0) is 37.1 Å². The molecule has 0 fully saturated rings. The van der Waals surface area contributed by atoms with Crippen LogP contribution in [0.4, 0.5) is 5.69 Å². The number of nitrogen functional groups attached to an aromatic ring is 1. The van der Waals surface area contributed by atoms with Crippen LogP contribution in [0.5, 0.6) is 0 Å². The standard InChI is InChI=1S/C10H14N2O/c1-7-6-9(4-5-10(7)11)8(2)12-13-3/h4-6H,11H2,1-3H3/b12-8+. The molecule has 0 saturated carbocycles. The van der Waals surface area contributed by atoms with Gasteiger partial charge in [-0.25, -0.2) is 0 Å². The van der Waals surface area contributed by atoms with Crippen molar-refractivity contribution in [2.45, 2.75) is 13.8 Å². The molecule has 0 amide bonds. The third kappa shape index (κ3) is 2.21. The first kappa shape index (κ1) is 9.58. The highest BCUT2D eigenvalue weighted by Crippen LogP contribution is 2.13. The van der Waals surface area contributed by atoms with Gasteiger partial charge in [0, 0.05) is 5.69 Å². The van der Waals surface area contributed by atoms with Crippen LogP contribution < -0.4 is 5.73 Å². The fourth-order valence-electron chi connectivity index (χ4n) is 1.09. The summed E-state index contributed by atoms with van der Waals surface area (Å²) in [4.78, 5) is 4.68. The van der Waals surface area contributed by atoms with Gasteiger partial charge in [-0.3, -0.25) is 0 Å². The van der Waals surface area contributed by atoms with Gasteiger partial charge < -0.3 is 10.6 Å². The molecule has 0 unspecified atom stereocenters. The Morgan fingerprint density at radius 1 is 1.46 bits per heavy atom. The second-order valence-electron chi connectivity index (χ2n) is 2.93. The second kappa shape index (κ2) is 3.94. The van der Waals surface area contributed by atoms with Crippen LogP contribution >= 0.6 is 0 Å². The van der Waals surface area contributed by atoms with Crippen molar-refractivity contribution in [3.8, 4) is 0 Å². The van der Waals surface area contributed by atoms with Crippen molar-refractivity contribution in [3.05, 3.63) is 29.3 Å². The first-order chi connectivity index (χ1) is 6.15. The van der Waals surface area contributed by atoms with Gasteiger partial charge in [0.25, 0.3) is 0 Å². The highest BCUT2D eigenvalue weighted by molar-refractivity contribution is 5.98. The van der Waals surface area contributed by atoms with Crippen LogP contribution in [0.15, 0.2) is 23.4 Å². The number of nitrogens with zero attached hydrogens (tertiary/aromatic N) is 1. The van der Waals surface area contributed by atoms with Crippen LogP contribution in [-0.2, 0) is 4.84 Å². The van der Waals surface area contributed by atoms with Crippen molar-refractivity contribution in [3.63, 3.8) is 0 Å². The van der Waals surface area contributed by atoms with Crippen LogP contribution in [0.2, 0.25) is 0 Å². The van der Waals surface area contributed by atoms with Crippen molar-refractivity contribution in [1.82, 2.24) is 0 Å². The van der Waals surface area contributed by atoms with Crippen molar-refractivity contribution >= 4 is 11.4 Å². The number of rotatable bonds is 2. The maximum atomic E-state index is 5.69. The number of oxime groups is 1. The van der Waals surface area contributed by atoms with E-state index in [4.69, 9.17) is 5.73 Å². The van der Waals surface area contributed by atoms with E-state index in [0.29, 0.717) is 0 Å². The van der Waals surface area contributed by atoms with Gasteiger partial charge in [0.05, 0.1) is 5.71 Å². The van der Waals surface area contributed by atoms with Crippen molar-refractivity contribution < 1.29 is 4.84 Å². The van der Waals surface area contributed by atoms with E-state index in [-0.39, 0.29) is 0 Å². The molecule has 1 aromatic carbocycles. The smallest absolute Gasteiger partial charge is 0.106 e. The van der Waals surface area contributed by atoms with Gasteiger partial charge in [-0.2, -0.15) is 0 Å². The summed E-state index contributed by atoms with van der Waals surface area (Å²) in [7, 11) is 1.54. The van der Waals surface area contributed by atoms with E-state index in [9.17, 15) is 0 Å². The van der Waals surface area contributed by atoms with E-state index in [1.54, 1.807) is 0 Å². The van der Waals surface area contributed by atoms with Crippen LogP contribution in [-0.4, -0.2) is 12.8 Å². The van der Waals surface area contributed by atoms with E-state index in [2.05, 4.69) is 9.99 Å². The van der Waals surface area contributed by atoms with Crippen LogP contribution in [0.3, 0.4) is 0 Å². The van der Waals surface area contributed by atoms with E-state index >= 15 is 0 Å². The van der Waals surface area contributed by atoms with Gasteiger partial charge in [0.2, 0.25) is 0 Å². The molecule has 0 saturated heterocycles. The molecule has 0 aliphatic rings. The summed E-state index contributed by atoms with van der Waals surface area (Å²) in [5, 5.41) is 3.84. The molecule has 1 rings (SSSR count). The lowest BCUT2D eigenvalue weighted by Crippen LogP contribution is -1.98. The summed E-state index contributed by atoms with van der Waals surface area (Å²) in [5.41, 5.74) is 9.44. The van der Waals surface area contributed by atoms with Crippen LogP contribution in [0.25, 0.3) is 0 Å². The van der Waals surface area contributed by atoms with E-state index in [1.165, 1.54) is 7.11 Å². The number of benzene rings is 1. The second-order valence-corrected chi connectivity index (χ2v) is 2.93. The monoisotopic (exact) mass is 178 g/mol. The Morgan fingerprint density at radius 3 is 2.69 bits per heavy atom. The Balaban J connectivity index is 3.04.